The lowest BCUT2D eigenvalue weighted by atomic mass is 9.87. The molecule has 0 radical (unpaired) electrons. The van der Waals surface area contributed by atoms with Crippen molar-refractivity contribution in [3.8, 4) is 0 Å². The lowest BCUT2D eigenvalue weighted by molar-refractivity contribution is 0.114. The number of hydrogen-bond acceptors (Lipinski definition) is 4. The number of aliphatic hydroxyl groups is 1. The molecule has 0 fully saturated rings. The van der Waals surface area contributed by atoms with E-state index in [0.717, 1.165) is 11.9 Å². The highest BCUT2D eigenvalue weighted by Crippen LogP contribution is 2.28. The first kappa shape index (κ1) is 17.6. The van der Waals surface area contributed by atoms with Crippen molar-refractivity contribution in [1.82, 2.24) is 4.98 Å². The van der Waals surface area contributed by atoms with Crippen LogP contribution in [-0.2, 0) is 11.8 Å². The van der Waals surface area contributed by atoms with E-state index in [1.807, 2.05) is 36.4 Å². The Morgan fingerprint density at radius 2 is 1.84 bits per heavy atom. The lowest BCUT2D eigenvalue weighted by Crippen LogP contribution is -2.29. The van der Waals surface area contributed by atoms with Gasteiger partial charge in [-0.2, -0.15) is 0 Å². The van der Waals surface area contributed by atoms with Crippen LogP contribution in [0.3, 0.4) is 0 Å². The van der Waals surface area contributed by atoms with Gasteiger partial charge in [0, 0.05) is 6.04 Å². The van der Waals surface area contributed by atoms with Crippen LogP contribution < -0.4 is 5.73 Å². The van der Waals surface area contributed by atoms with E-state index in [4.69, 9.17) is 10.2 Å². The molecule has 3 aromatic rings. The van der Waals surface area contributed by atoms with Gasteiger partial charge in [-0.05, 0) is 41.5 Å². The summed E-state index contributed by atoms with van der Waals surface area (Å²) in [5, 5.41) is 10.5. The fraction of sp³-hybridized carbons (Fsp3) is 0.381. The van der Waals surface area contributed by atoms with E-state index in [-0.39, 0.29) is 5.41 Å². The minimum absolute atomic E-state index is 0.0397. The SMILES string of the molecule is CC(C)(C)c1ccc2oc(C(O)[C@H](N)CCc3ccccc3)nc2c1. The van der Waals surface area contributed by atoms with E-state index >= 15 is 0 Å². The fourth-order valence-corrected chi connectivity index (χ4v) is 2.86. The molecule has 0 aliphatic rings. The molecule has 4 heteroatoms. The van der Waals surface area contributed by atoms with Crippen LogP contribution in [0.5, 0.6) is 0 Å². The molecule has 1 aromatic heterocycles. The number of aliphatic hydroxyl groups excluding tert-OH is 1. The molecule has 0 saturated heterocycles. The van der Waals surface area contributed by atoms with Crippen molar-refractivity contribution in [3.63, 3.8) is 0 Å². The molecule has 25 heavy (non-hydrogen) atoms. The van der Waals surface area contributed by atoms with E-state index in [9.17, 15) is 5.11 Å². The zero-order valence-electron chi connectivity index (χ0n) is 15.1. The third-order valence-electron chi connectivity index (χ3n) is 4.54. The predicted octanol–water partition coefficient (Wildman–Crippen LogP) is 4.12. The largest absolute Gasteiger partial charge is 0.438 e. The Kier molecular flexibility index (Phi) is 4.93. The van der Waals surface area contributed by atoms with Gasteiger partial charge in [0.05, 0.1) is 0 Å². The summed E-state index contributed by atoms with van der Waals surface area (Å²) in [6.07, 6.45) is 0.569. The van der Waals surface area contributed by atoms with Crippen molar-refractivity contribution in [2.24, 2.45) is 5.73 Å². The number of nitrogens with zero attached hydrogens (tertiary/aromatic N) is 1. The second kappa shape index (κ2) is 6.98. The molecule has 1 unspecified atom stereocenters. The highest BCUT2D eigenvalue weighted by Gasteiger charge is 2.23. The Hall–Kier alpha value is -2.17. The van der Waals surface area contributed by atoms with Crippen molar-refractivity contribution < 1.29 is 9.52 Å². The molecule has 0 saturated carbocycles. The van der Waals surface area contributed by atoms with Crippen LogP contribution in [0.1, 0.15) is 50.3 Å². The van der Waals surface area contributed by atoms with Gasteiger partial charge in [0.25, 0.3) is 0 Å². The van der Waals surface area contributed by atoms with Crippen LogP contribution in [-0.4, -0.2) is 16.1 Å². The zero-order chi connectivity index (χ0) is 18.0. The molecule has 0 bridgehead atoms. The molecule has 2 aromatic carbocycles. The Balaban J connectivity index is 1.73. The molecular weight excluding hydrogens is 312 g/mol. The number of oxazole rings is 1. The zero-order valence-corrected chi connectivity index (χ0v) is 15.1. The summed E-state index contributed by atoms with van der Waals surface area (Å²) in [6.45, 7) is 6.47. The quantitative estimate of drug-likeness (QED) is 0.734. The summed E-state index contributed by atoms with van der Waals surface area (Å²) in [5.41, 5.74) is 10.0. The molecule has 0 aliphatic heterocycles. The Morgan fingerprint density at radius 3 is 2.52 bits per heavy atom. The number of nitrogens with two attached hydrogens (primary N) is 1. The molecular formula is C21H26N2O2. The first-order valence-corrected chi connectivity index (χ1v) is 8.73. The van der Waals surface area contributed by atoms with Gasteiger partial charge in [-0.25, -0.2) is 4.98 Å². The van der Waals surface area contributed by atoms with Crippen LogP contribution in [0.4, 0.5) is 0 Å². The van der Waals surface area contributed by atoms with Gasteiger partial charge in [0.1, 0.15) is 11.6 Å². The van der Waals surface area contributed by atoms with Gasteiger partial charge >= 0.3 is 0 Å². The number of aryl methyl sites for hydroxylation is 1. The normalized spacial score (nSPS) is 14.6. The molecule has 3 rings (SSSR count). The van der Waals surface area contributed by atoms with E-state index in [1.54, 1.807) is 0 Å². The van der Waals surface area contributed by atoms with Crippen LogP contribution in [0.2, 0.25) is 0 Å². The summed E-state index contributed by atoms with van der Waals surface area (Å²) in [7, 11) is 0. The van der Waals surface area contributed by atoms with Crippen molar-refractivity contribution >= 4 is 11.1 Å². The van der Waals surface area contributed by atoms with E-state index in [2.05, 4.69) is 37.9 Å². The molecule has 0 aliphatic carbocycles. The minimum atomic E-state index is -0.908. The summed E-state index contributed by atoms with van der Waals surface area (Å²) in [6, 6.07) is 15.7. The van der Waals surface area contributed by atoms with Gasteiger partial charge in [0.2, 0.25) is 5.89 Å². The Labute approximate surface area is 148 Å². The van der Waals surface area contributed by atoms with Crippen LogP contribution in [0.25, 0.3) is 11.1 Å². The van der Waals surface area contributed by atoms with Crippen LogP contribution in [0, 0.1) is 0 Å². The number of hydrogen-bond donors (Lipinski definition) is 2. The minimum Gasteiger partial charge on any atom is -0.438 e. The second-order valence-corrected chi connectivity index (χ2v) is 7.62. The third-order valence-corrected chi connectivity index (χ3v) is 4.54. The van der Waals surface area contributed by atoms with E-state index < -0.39 is 12.1 Å². The average molecular weight is 338 g/mol. The lowest BCUT2D eigenvalue weighted by Gasteiger charge is -2.18. The predicted molar refractivity (Wildman–Crippen MR) is 100 cm³/mol. The maximum absolute atomic E-state index is 10.5. The Morgan fingerprint density at radius 1 is 1.12 bits per heavy atom. The number of benzene rings is 2. The maximum Gasteiger partial charge on any atom is 0.225 e. The monoisotopic (exact) mass is 338 g/mol. The highest BCUT2D eigenvalue weighted by atomic mass is 16.4. The molecule has 132 valence electrons. The van der Waals surface area contributed by atoms with E-state index in [0.29, 0.717) is 17.9 Å². The van der Waals surface area contributed by atoms with Gasteiger partial charge < -0.3 is 15.3 Å². The average Bonchev–Trinajstić information content (AvgIpc) is 3.02. The van der Waals surface area contributed by atoms with Crippen LogP contribution in [0.15, 0.2) is 52.9 Å². The van der Waals surface area contributed by atoms with Gasteiger partial charge in [-0.3, -0.25) is 0 Å². The third kappa shape index (κ3) is 4.09. The first-order chi connectivity index (χ1) is 11.8. The maximum atomic E-state index is 10.5. The summed E-state index contributed by atoms with van der Waals surface area (Å²) >= 11 is 0. The van der Waals surface area contributed by atoms with Crippen LogP contribution >= 0.6 is 0 Å². The van der Waals surface area contributed by atoms with E-state index in [1.165, 1.54) is 11.1 Å². The molecule has 3 N–H and O–H groups in total. The number of rotatable bonds is 5. The molecule has 0 amide bonds. The first-order valence-electron chi connectivity index (χ1n) is 8.73. The van der Waals surface area contributed by atoms with Crippen molar-refractivity contribution in [2.75, 3.05) is 0 Å². The summed E-state index contributed by atoms with van der Waals surface area (Å²) < 4.78 is 5.73. The number of aromatic nitrogens is 1. The smallest absolute Gasteiger partial charge is 0.225 e. The molecule has 1 heterocycles. The topological polar surface area (TPSA) is 72.3 Å². The van der Waals surface area contributed by atoms with Gasteiger partial charge in [-0.1, -0.05) is 57.2 Å². The second-order valence-electron chi connectivity index (χ2n) is 7.62. The summed E-state index contributed by atoms with van der Waals surface area (Å²) in [4.78, 5) is 4.47. The summed E-state index contributed by atoms with van der Waals surface area (Å²) in [5.74, 6) is 0.293. The van der Waals surface area contributed by atoms with Gasteiger partial charge in [-0.15, -0.1) is 0 Å². The standard InChI is InChI=1S/C21H26N2O2/c1-21(2,3)15-10-12-18-17(13-15)23-20(25-18)19(24)16(22)11-9-14-7-5-4-6-8-14/h4-8,10,12-13,16,19,24H,9,11,22H2,1-3H3/t16-,19?/m1/s1. The molecule has 2 atom stereocenters. The molecule has 0 spiro atoms. The van der Waals surface area contributed by atoms with Crippen molar-refractivity contribution in [3.05, 3.63) is 65.5 Å². The van der Waals surface area contributed by atoms with Crippen molar-refractivity contribution in [1.29, 1.82) is 0 Å². The van der Waals surface area contributed by atoms with Gasteiger partial charge in [0.15, 0.2) is 5.58 Å². The molecule has 4 nitrogen and oxygen atoms in total. The highest BCUT2D eigenvalue weighted by molar-refractivity contribution is 5.73. The Bertz CT molecular complexity index is 834. The fourth-order valence-electron chi connectivity index (χ4n) is 2.86. The number of fused-ring (bicyclic) bond motifs is 1. The van der Waals surface area contributed by atoms with Crippen molar-refractivity contribution in [2.45, 2.75) is 51.2 Å².